The van der Waals surface area contributed by atoms with Crippen LogP contribution in [-0.4, -0.2) is 6.54 Å². The van der Waals surface area contributed by atoms with Gasteiger partial charge < -0.3 is 0 Å². The summed E-state index contributed by atoms with van der Waals surface area (Å²) in [5.41, 5.74) is 9.02. The van der Waals surface area contributed by atoms with E-state index in [1.807, 2.05) is 18.2 Å². The summed E-state index contributed by atoms with van der Waals surface area (Å²) in [6, 6.07) is 5.50. The Kier molecular flexibility index (Phi) is 4.53. The summed E-state index contributed by atoms with van der Waals surface area (Å²) in [6.07, 6.45) is 3.63. The van der Waals surface area contributed by atoms with Gasteiger partial charge in [0.05, 0.1) is 0 Å². The van der Waals surface area contributed by atoms with Gasteiger partial charge >= 0.3 is 0 Å². The van der Waals surface area contributed by atoms with E-state index in [0.717, 1.165) is 10.0 Å². The van der Waals surface area contributed by atoms with Gasteiger partial charge in [0.1, 0.15) is 0 Å². The number of nitrogens with zero attached hydrogens (tertiary/aromatic N) is 3. The molecule has 3 nitrogen and oxygen atoms in total. The lowest BCUT2D eigenvalue weighted by Gasteiger charge is -1.98. The molecule has 0 aliphatic carbocycles. The third-order valence-electron chi connectivity index (χ3n) is 1.51. The quantitative estimate of drug-likeness (QED) is 0.444. The summed E-state index contributed by atoms with van der Waals surface area (Å²) >= 11 is 9.21. The van der Waals surface area contributed by atoms with Crippen LogP contribution in [0.25, 0.3) is 16.5 Å². The van der Waals surface area contributed by atoms with E-state index in [1.165, 1.54) is 0 Å². The van der Waals surface area contributed by atoms with E-state index < -0.39 is 0 Å². The summed E-state index contributed by atoms with van der Waals surface area (Å²) in [5, 5.41) is 4.06. The van der Waals surface area contributed by atoms with Gasteiger partial charge in [-0.15, -0.1) is 0 Å². The summed E-state index contributed by atoms with van der Waals surface area (Å²) in [5.74, 6) is 0. The molecule has 0 aliphatic heterocycles. The standard InChI is InChI=1S/C9H7BrClN3/c10-9-4-3-8(11)6-7(9)2-1-5-13-14-12/h1-4,6H,5H2. The number of rotatable bonds is 3. The predicted octanol–water partition coefficient (Wildman–Crippen LogP) is 4.43. The Hall–Kier alpha value is -0.960. The first-order valence-electron chi connectivity index (χ1n) is 3.86. The molecular formula is C9H7BrClN3. The molecule has 0 fully saturated rings. The summed E-state index contributed by atoms with van der Waals surface area (Å²) in [6.45, 7) is 0.343. The van der Waals surface area contributed by atoms with Gasteiger partial charge in [-0.1, -0.05) is 44.8 Å². The first-order valence-corrected chi connectivity index (χ1v) is 5.03. The van der Waals surface area contributed by atoms with E-state index in [2.05, 4.69) is 26.0 Å². The minimum absolute atomic E-state index is 0.343. The van der Waals surface area contributed by atoms with Crippen LogP contribution in [0.5, 0.6) is 0 Å². The highest BCUT2D eigenvalue weighted by Crippen LogP contribution is 2.22. The molecule has 14 heavy (non-hydrogen) atoms. The molecule has 5 heteroatoms. The van der Waals surface area contributed by atoms with Crippen LogP contribution >= 0.6 is 27.5 Å². The van der Waals surface area contributed by atoms with Crippen LogP contribution in [0.4, 0.5) is 0 Å². The van der Waals surface area contributed by atoms with Crippen molar-refractivity contribution in [2.24, 2.45) is 5.11 Å². The van der Waals surface area contributed by atoms with E-state index in [1.54, 1.807) is 12.1 Å². The monoisotopic (exact) mass is 271 g/mol. The molecule has 0 radical (unpaired) electrons. The molecule has 1 aromatic carbocycles. The van der Waals surface area contributed by atoms with Crippen molar-refractivity contribution in [1.29, 1.82) is 0 Å². The lowest BCUT2D eigenvalue weighted by atomic mass is 10.2. The van der Waals surface area contributed by atoms with Gasteiger partial charge in [0.25, 0.3) is 0 Å². The highest BCUT2D eigenvalue weighted by Gasteiger charge is 1.95. The number of hydrogen-bond donors (Lipinski definition) is 0. The van der Waals surface area contributed by atoms with Crippen LogP contribution < -0.4 is 0 Å². The molecule has 0 bridgehead atoms. The van der Waals surface area contributed by atoms with E-state index in [4.69, 9.17) is 17.1 Å². The van der Waals surface area contributed by atoms with Crippen molar-refractivity contribution in [1.82, 2.24) is 0 Å². The molecule has 0 saturated carbocycles. The smallest absolute Gasteiger partial charge is 0.0443 e. The van der Waals surface area contributed by atoms with Gasteiger partial charge in [0, 0.05) is 21.0 Å². The van der Waals surface area contributed by atoms with Crippen molar-refractivity contribution < 1.29 is 0 Å². The van der Waals surface area contributed by atoms with Crippen LogP contribution in [-0.2, 0) is 0 Å². The molecule has 0 N–H and O–H groups in total. The summed E-state index contributed by atoms with van der Waals surface area (Å²) in [4.78, 5) is 2.64. The van der Waals surface area contributed by atoms with Crippen LogP contribution in [0.2, 0.25) is 5.02 Å². The fourth-order valence-corrected chi connectivity index (χ4v) is 1.46. The summed E-state index contributed by atoms with van der Waals surface area (Å²) in [7, 11) is 0. The van der Waals surface area contributed by atoms with Gasteiger partial charge in [-0.25, -0.2) is 0 Å². The number of halogens is 2. The lowest BCUT2D eigenvalue weighted by molar-refractivity contribution is 1.22. The maximum Gasteiger partial charge on any atom is 0.0443 e. The third-order valence-corrected chi connectivity index (χ3v) is 2.46. The van der Waals surface area contributed by atoms with E-state index in [0.29, 0.717) is 11.6 Å². The zero-order valence-electron chi connectivity index (χ0n) is 7.19. The molecule has 0 aromatic heterocycles. The highest BCUT2D eigenvalue weighted by atomic mass is 79.9. The maximum absolute atomic E-state index is 8.06. The number of benzene rings is 1. The predicted molar refractivity (Wildman–Crippen MR) is 62.2 cm³/mol. The Morgan fingerprint density at radius 3 is 3.07 bits per heavy atom. The number of azide groups is 1. The van der Waals surface area contributed by atoms with Crippen LogP contribution in [0.3, 0.4) is 0 Å². The van der Waals surface area contributed by atoms with Crippen LogP contribution in [0.15, 0.2) is 33.9 Å². The van der Waals surface area contributed by atoms with E-state index >= 15 is 0 Å². The molecule has 0 heterocycles. The second-order valence-corrected chi connectivity index (χ2v) is 3.77. The average Bonchev–Trinajstić information content (AvgIpc) is 2.18. The minimum atomic E-state index is 0.343. The Morgan fingerprint density at radius 2 is 2.36 bits per heavy atom. The average molecular weight is 273 g/mol. The second-order valence-electron chi connectivity index (χ2n) is 2.48. The molecule has 1 rings (SSSR count). The zero-order valence-corrected chi connectivity index (χ0v) is 9.53. The Morgan fingerprint density at radius 1 is 1.57 bits per heavy atom. The van der Waals surface area contributed by atoms with Crippen LogP contribution in [0.1, 0.15) is 5.56 Å². The highest BCUT2D eigenvalue weighted by molar-refractivity contribution is 9.10. The second kappa shape index (κ2) is 5.70. The molecule has 0 spiro atoms. The van der Waals surface area contributed by atoms with Gasteiger partial charge in [0.15, 0.2) is 0 Å². The van der Waals surface area contributed by atoms with Crippen molar-refractivity contribution >= 4 is 33.6 Å². The lowest BCUT2D eigenvalue weighted by Crippen LogP contribution is -1.76. The Bertz CT molecular complexity index is 397. The molecule has 0 aliphatic rings. The molecule has 0 unspecified atom stereocenters. The summed E-state index contributed by atoms with van der Waals surface area (Å²) < 4.78 is 0.957. The molecule has 0 amide bonds. The fourth-order valence-electron chi connectivity index (χ4n) is 0.906. The van der Waals surface area contributed by atoms with Crippen molar-refractivity contribution in [3.8, 4) is 0 Å². The van der Waals surface area contributed by atoms with Crippen molar-refractivity contribution in [2.45, 2.75) is 0 Å². The van der Waals surface area contributed by atoms with Gasteiger partial charge in [-0.2, -0.15) is 0 Å². The molecular weight excluding hydrogens is 265 g/mol. The topological polar surface area (TPSA) is 48.8 Å². The first kappa shape index (κ1) is 11.1. The van der Waals surface area contributed by atoms with Gasteiger partial charge in [-0.3, -0.25) is 0 Å². The molecule has 72 valence electrons. The van der Waals surface area contributed by atoms with Crippen LogP contribution in [0, 0.1) is 0 Å². The largest absolute Gasteiger partial charge is 0.0899 e. The fraction of sp³-hybridized carbons (Fsp3) is 0.111. The first-order chi connectivity index (χ1) is 6.74. The minimum Gasteiger partial charge on any atom is -0.0899 e. The maximum atomic E-state index is 8.06. The Balaban J connectivity index is 2.79. The van der Waals surface area contributed by atoms with Crippen molar-refractivity contribution in [3.05, 3.63) is 49.8 Å². The molecule has 1 aromatic rings. The number of hydrogen-bond acceptors (Lipinski definition) is 1. The van der Waals surface area contributed by atoms with Crippen molar-refractivity contribution in [3.63, 3.8) is 0 Å². The Labute approximate surface area is 95.1 Å². The normalized spacial score (nSPS) is 10.1. The van der Waals surface area contributed by atoms with Crippen molar-refractivity contribution in [2.75, 3.05) is 6.54 Å². The molecule has 0 atom stereocenters. The third kappa shape index (κ3) is 3.42. The van der Waals surface area contributed by atoms with Gasteiger partial charge in [-0.05, 0) is 29.3 Å². The molecule has 0 saturated heterocycles. The van der Waals surface area contributed by atoms with E-state index in [-0.39, 0.29) is 0 Å². The van der Waals surface area contributed by atoms with Gasteiger partial charge in [0.2, 0.25) is 0 Å². The zero-order chi connectivity index (χ0) is 10.4. The SMILES string of the molecule is [N-]=[N+]=NCC=Cc1cc(Cl)ccc1Br. The van der Waals surface area contributed by atoms with E-state index in [9.17, 15) is 0 Å².